The van der Waals surface area contributed by atoms with E-state index in [1.54, 1.807) is 0 Å². The Hall–Kier alpha value is -1.39. The van der Waals surface area contributed by atoms with Gasteiger partial charge in [-0.25, -0.2) is 0 Å². The molecule has 2 N–H and O–H groups in total. The minimum Gasteiger partial charge on any atom is -0.353 e. The molecule has 0 radical (unpaired) electrons. The van der Waals surface area contributed by atoms with Crippen LogP contribution >= 0.6 is 0 Å². The Balaban J connectivity index is 1.22. The van der Waals surface area contributed by atoms with Crippen LogP contribution in [0.2, 0.25) is 0 Å². The van der Waals surface area contributed by atoms with Crippen LogP contribution < -0.4 is 10.6 Å². The largest absolute Gasteiger partial charge is 0.353 e. The molecule has 4 nitrogen and oxygen atoms in total. The van der Waals surface area contributed by atoms with Crippen molar-refractivity contribution in [3.63, 3.8) is 0 Å². The van der Waals surface area contributed by atoms with E-state index in [2.05, 4.69) is 52.8 Å². The molecule has 142 valence electrons. The predicted molar refractivity (Wildman–Crippen MR) is 105 cm³/mol. The van der Waals surface area contributed by atoms with Crippen LogP contribution in [0, 0.1) is 5.92 Å². The maximum atomic E-state index is 12.5. The van der Waals surface area contributed by atoms with Crippen LogP contribution in [0.4, 0.5) is 0 Å². The zero-order valence-electron chi connectivity index (χ0n) is 16.0. The predicted octanol–water partition coefficient (Wildman–Crippen LogP) is 3.08. The van der Waals surface area contributed by atoms with Gasteiger partial charge in [0.25, 0.3) is 0 Å². The average molecular weight is 356 g/mol. The van der Waals surface area contributed by atoms with E-state index in [4.69, 9.17) is 0 Å². The SMILES string of the molecule is CC1CC(NC(=O)CC2CC3CCC(C2)N3)CCN1Cc1ccccc1. The van der Waals surface area contributed by atoms with Crippen LogP contribution in [0.25, 0.3) is 0 Å². The van der Waals surface area contributed by atoms with E-state index in [-0.39, 0.29) is 5.91 Å². The maximum Gasteiger partial charge on any atom is 0.220 e. The molecule has 3 aliphatic rings. The van der Waals surface area contributed by atoms with Crippen LogP contribution in [0.3, 0.4) is 0 Å². The first-order valence-electron chi connectivity index (χ1n) is 10.5. The summed E-state index contributed by atoms with van der Waals surface area (Å²) in [5, 5.41) is 7.01. The summed E-state index contributed by atoms with van der Waals surface area (Å²) in [6.45, 7) is 4.38. The Morgan fingerprint density at radius 3 is 2.54 bits per heavy atom. The van der Waals surface area contributed by atoms with Crippen molar-refractivity contribution in [2.24, 2.45) is 5.92 Å². The molecule has 0 aromatic heterocycles. The number of hydrogen-bond donors (Lipinski definition) is 2. The van der Waals surface area contributed by atoms with E-state index in [1.807, 2.05) is 0 Å². The van der Waals surface area contributed by atoms with Gasteiger partial charge in [-0.05, 0) is 56.9 Å². The second-order valence-corrected chi connectivity index (χ2v) is 8.77. The molecule has 3 aliphatic heterocycles. The Labute approximate surface area is 157 Å². The molecule has 3 fully saturated rings. The first kappa shape index (κ1) is 18.0. The third-order valence-electron chi connectivity index (χ3n) is 6.65. The highest BCUT2D eigenvalue weighted by Gasteiger charge is 2.34. The fourth-order valence-corrected chi connectivity index (χ4v) is 5.30. The lowest BCUT2D eigenvalue weighted by Crippen LogP contribution is -2.49. The third-order valence-corrected chi connectivity index (χ3v) is 6.65. The Bertz CT molecular complexity index is 593. The number of carbonyl (C=O) groups excluding carboxylic acids is 1. The van der Waals surface area contributed by atoms with Crippen molar-refractivity contribution in [1.82, 2.24) is 15.5 Å². The topological polar surface area (TPSA) is 44.4 Å². The molecule has 4 rings (SSSR count). The van der Waals surface area contributed by atoms with Crippen LogP contribution in [0.5, 0.6) is 0 Å². The normalized spacial score (nSPS) is 34.6. The molecule has 0 spiro atoms. The second kappa shape index (κ2) is 8.10. The molecular formula is C22H33N3O. The molecule has 0 saturated carbocycles. The highest BCUT2D eigenvalue weighted by Crippen LogP contribution is 2.32. The van der Waals surface area contributed by atoms with Gasteiger partial charge >= 0.3 is 0 Å². The lowest BCUT2D eigenvalue weighted by molar-refractivity contribution is -0.123. The van der Waals surface area contributed by atoms with Gasteiger partial charge in [-0.3, -0.25) is 9.69 Å². The van der Waals surface area contributed by atoms with Crippen LogP contribution in [-0.4, -0.2) is 41.5 Å². The first-order chi connectivity index (χ1) is 12.7. The van der Waals surface area contributed by atoms with Gasteiger partial charge in [0.2, 0.25) is 5.91 Å². The van der Waals surface area contributed by atoms with Crippen molar-refractivity contribution in [2.75, 3.05) is 6.54 Å². The monoisotopic (exact) mass is 355 g/mol. The molecule has 4 unspecified atom stereocenters. The van der Waals surface area contributed by atoms with Crippen molar-refractivity contribution in [1.29, 1.82) is 0 Å². The fraction of sp³-hybridized carbons (Fsp3) is 0.682. The number of amides is 1. The number of nitrogens with zero attached hydrogens (tertiary/aromatic N) is 1. The van der Waals surface area contributed by atoms with Crippen molar-refractivity contribution >= 4 is 5.91 Å². The van der Waals surface area contributed by atoms with Crippen LogP contribution in [-0.2, 0) is 11.3 Å². The van der Waals surface area contributed by atoms with Gasteiger partial charge in [-0.2, -0.15) is 0 Å². The van der Waals surface area contributed by atoms with Gasteiger partial charge in [0.05, 0.1) is 0 Å². The molecule has 2 bridgehead atoms. The van der Waals surface area contributed by atoms with Crippen molar-refractivity contribution in [3.8, 4) is 0 Å². The van der Waals surface area contributed by atoms with E-state index in [0.29, 0.717) is 30.1 Å². The van der Waals surface area contributed by atoms with Gasteiger partial charge < -0.3 is 10.6 Å². The van der Waals surface area contributed by atoms with Gasteiger partial charge in [-0.1, -0.05) is 30.3 Å². The molecule has 4 atom stereocenters. The first-order valence-corrected chi connectivity index (χ1v) is 10.5. The van der Waals surface area contributed by atoms with Gasteiger partial charge in [-0.15, -0.1) is 0 Å². The Morgan fingerprint density at radius 1 is 1.12 bits per heavy atom. The molecule has 1 aromatic carbocycles. The Morgan fingerprint density at radius 2 is 1.85 bits per heavy atom. The fourth-order valence-electron chi connectivity index (χ4n) is 5.30. The van der Waals surface area contributed by atoms with Gasteiger partial charge in [0.15, 0.2) is 0 Å². The van der Waals surface area contributed by atoms with E-state index in [1.165, 1.54) is 31.2 Å². The number of hydrogen-bond acceptors (Lipinski definition) is 3. The van der Waals surface area contributed by atoms with Crippen molar-refractivity contribution in [3.05, 3.63) is 35.9 Å². The summed E-state index contributed by atoms with van der Waals surface area (Å²) in [6.07, 6.45) is 7.86. The summed E-state index contributed by atoms with van der Waals surface area (Å²) < 4.78 is 0. The number of benzene rings is 1. The number of likely N-dealkylation sites (tertiary alicyclic amines) is 1. The van der Waals surface area contributed by atoms with Gasteiger partial charge in [0.1, 0.15) is 0 Å². The van der Waals surface area contributed by atoms with Crippen LogP contribution in [0.1, 0.15) is 57.4 Å². The number of nitrogens with one attached hydrogen (secondary N) is 2. The van der Waals surface area contributed by atoms with Crippen LogP contribution in [0.15, 0.2) is 30.3 Å². The number of rotatable bonds is 5. The van der Waals surface area contributed by atoms with E-state index in [0.717, 1.165) is 32.4 Å². The average Bonchev–Trinajstić information content (AvgIpc) is 2.96. The summed E-state index contributed by atoms with van der Waals surface area (Å²) in [4.78, 5) is 15.1. The summed E-state index contributed by atoms with van der Waals surface area (Å²) in [7, 11) is 0. The van der Waals surface area contributed by atoms with Crippen molar-refractivity contribution in [2.45, 2.75) is 82.6 Å². The highest BCUT2D eigenvalue weighted by molar-refractivity contribution is 5.76. The second-order valence-electron chi connectivity index (χ2n) is 8.77. The maximum absolute atomic E-state index is 12.5. The molecule has 3 heterocycles. The highest BCUT2D eigenvalue weighted by atomic mass is 16.1. The number of fused-ring (bicyclic) bond motifs is 2. The summed E-state index contributed by atoms with van der Waals surface area (Å²) in [5.74, 6) is 0.870. The number of piperidine rings is 2. The smallest absolute Gasteiger partial charge is 0.220 e. The summed E-state index contributed by atoms with van der Waals surface area (Å²) in [5.41, 5.74) is 1.38. The standard InChI is InChI=1S/C22H33N3O/c1-16-11-21(9-10-25(16)15-17-5-3-2-4-6-17)24-22(26)14-18-12-19-7-8-20(13-18)23-19/h2-6,16,18-21,23H,7-15H2,1H3,(H,24,26). The zero-order valence-corrected chi connectivity index (χ0v) is 16.0. The minimum atomic E-state index is 0.282. The third kappa shape index (κ3) is 4.47. The molecule has 3 saturated heterocycles. The molecule has 1 amide bonds. The Kier molecular flexibility index (Phi) is 5.60. The number of carbonyl (C=O) groups is 1. The molecule has 4 heteroatoms. The van der Waals surface area contributed by atoms with E-state index in [9.17, 15) is 4.79 Å². The zero-order chi connectivity index (χ0) is 17.9. The molecule has 1 aromatic rings. The minimum absolute atomic E-state index is 0.282. The van der Waals surface area contributed by atoms with Crippen molar-refractivity contribution < 1.29 is 4.79 Å². The van der Waals surface area contributed by atoms with Gasteiger partial charge in [0, 0.05) is 43.7 Å². The molecule has 26 heavy (non-hydrogen) atoms. The quantitative estimate of drug-likeness (QED) is 0.853. The summed E-state index contributed by atoms with van der Waals surface area (Å²) in [6, 6.07) is 12.9. The lowest BCUT2D eigenvalue weighted by atomic mass is 9.89. The lowest BCUT2D eigenvalue weighted by Gasteiger charge is -2.38. The molecule has 0 aliphatic carbocycles. The molecular weight excluding hydrogens is 322 g/mol. The van der Waals surface area contributed by atoms with E-state index >= 15 is 0 Å². The summed E-state index contributed by atoms with van der Waals surface area (Å²) >= 11 is 0. The van der Waals surface area contributed by atoms with E-state index < -0.39 is 0 Å².